The molecule has 0 saturated heterocycles. The first-order valence-corrected chi connectivity index (χ1v) is 8.03. The molecule has 0 unspecified atom stereocenters. The van der Waals surface area contributed by atoms with Crippen LogP contribution in [0, 0.1) is 20.8 Å². The van der Waals surface area contributed by atoms with Crippen molar-refractivity contribution in [1.29, 1.82) is 0 Å². The van der Waals surface area contributed by atoms with Gasteiger partial charge in [-0.25, -0.2) is 0 Å². The van der Waals surface area contributed by atoms with Crippen molar-refractivity contribution in [2.75, 3.05) is 31.3 Å². The van der Waals surface area contributed by atoms with Gasteiger partial charge in [-0.05, 0) is 52.6 Å². The highest BCUT2D eigenvalue weighted by Gasteiger charge is 2.14. The third kappa shape index (κ3) is 5.15. The molecule has 0 aliphatic carbocycles. The molecule has 1 heterocycles. The number of anilines is 2. The maximum Gasteiger partial charge on any atom is 0.238 e. The molecule has 2 N–H and O–H groups in total. The molecule has 0 spiro atoms. The first-order chi connectivity index (χ1) is 11.8. The maximum atomic E-state index is 12.3. The van der Waals surface area contributed by atoms with Crippen LogP contribution in [0.2, 0.25) is 0 Å². The van der Waals surface area contributed by atoms with Crippen LogP contribution in [0.25, 0.3) is 0 Å². The van der Waals surface area contributed by atoms with E-state index in [1.165, 1.54) is 0 Å². The molecule has 134 valence electrons. The third-order valence-corrected chi connectivity index (χ3v) is 3.77. The maximum absolute atomic E-state index is 12.3. The third-order valence-electron chi connectivity index (χ3n) is 3.77. The predicted octanol–water partition coefficient (Wildman–Crippen LogP) is 2.28. The average Bonchev–Trinajstić information content (AvgIpc) is 2.81. The van der Waals surface area contributed by atoms with Gasteiger partial charge < -0.3 is 20.1 Å². The second kappa shape index (κ2) is 7.94. The Morgan fingerprint density at radius 1 is 1.12 bits per heavy atom. The van der Waals surface area contributed by atoms with E-state index in [0.717, 1.165) is 11.1 Å². The predicted molar refractivity (Wildman–Crippen MR) is 96.7 cm³/mol. The highest BCUT2D eigenvalue weighted by molar-refractivity contribution is 5.96. The van der Waals surface area contributed by atoms with Crippen molar-refractivity contribution in [1.82, 2.24) is 10.1 Å². The van der Waals surface area contributed by atoms with Crippen molar-refractivity contribution in [2.45, 2.75) is 27.2 Å². The summed E-state index contributed by atoms with van der Waals surface area (Å²) >= 11 is 0. The van der Waals surface area contributed by atoms with Crippen LogP contribution in [0.15, 0.2) is 22.7 Å². The Hall–Kier alpha value is -2.67. The Morgan fingerprint density at radius 3 is 2.44 bits per heavy atom. The van der Waals surface area contributed by atoms with Crippen LogP contribution < -0.4 is 10.6 Å². The largest absolute Gasteiger partial charge is 0.361 e. The zero-order valence-corrected chi connectivity index (χ0v) is 15.3. The van der Waals surface area contributed by atoms with Crippen LogP contribution >= 0.6 is 0 Å². The molecule has 0 fully saturated rings. The van der Waals surface area contributed by atoms with E-state index < -0.39 is 0 Å². The first-order valence-electron chi connectivity index (χ1n) is 8.03. The van der Waals surface area contributed by atoms with Crippen molar-refractivity contribution >= 4 is 23.2 Å². The fourth-order valence-electron chi connectivity index (χ4n) is 2.43. The molecule has 0 saturated carbocycles. The minimum absolute atomic E-state index is 0.104. The van der Waals surface area contributed by atoms with Gasteiger partial charge in [0.25, 0.3) is 0 Å². The average molecular weight is 344 g/mol. The summed E-state index contributed by atoms with van der Waals surface area (Å²) in [5.41, 5.74) is 3.75. The first kappa shape index (κ1) is 18.7. The van der Waals surface area contributed by atoms with E-state index in [9.17, 15) is 9.59 Å². The van der Waals surface area contributed by atoms with Gasteiger partial charge in [-0.2, -0.15) is 0 Å². The van der Waals surface area contributed by atoms with Crippen molar-refractivity contribution in [3.05, 3.63) is 40.8 Å². The highest BCUT2D eigenvalue weighted by atomic mass is 16.5. The fourth-order valence-corrected chi connectivity index (χ4v) is 2.43. The molecule has 0 atom stereocenters. The molecule has 0 aliphatic heterocycles. The van der Waals surface area contributed by atoms with E-state index in [2.05, 4.69) is 15.8 Å². The lowest BCUT2D eigenvalue weighted by atomic mass is 10.1. The van der Waals surface area contributed by atoms with Crippen LogP contribution in [-0.4, -0.2) is 42.5 Å². The fraction of sp³-hybridized carbons (Fsp3) is 0.389. The van der Waals surface area contributed by atoms with Gasteiger partial charge in [0.15, 0.2) is 0 Å². The van der Waals surface area contributed by atoms with Crippen LogP contribution in [0.3, 0.4) is 0 Å². The number of amides is 2. The van der Waals surface area contributed by atoms with E-state index >= 15 is 0 Å². The van der Waals surface area contributed by atoms with Crippen molar-refractivity contribution in [3.63, 3.8) is 0 Å². The Kier molecular flexibility index (Phi) is 5.93. The van der Waals surface area contributed by atoms with E-state index in [-0.39, 0.29) is 18.2 Å². The number of aryl methyl sites for hydroxylation is 3. The number of benzene rings is 1. The summed E-state index contributed by atoms with van der Waals surface area (Å²) in [5.74, 6) is 0.379. The topological polar surface area (TPSA) is 87.5 Å². The number of nitrogens with one attached hydrogen (secondary N) is 2. The Labute approximate surface area is 147 Å². The summed E-state index contributed by atoms with van der Waals surface area (Å²) in [6.07, 6.45) is 0.192. The van der Waals surface area contributed by atoms with Crippen LogP contribution in [-0.2, 0) is 16.0 Å². The van der Waals surface area contributed by atoms with Gasteiger partial charge >= 0.3 is 0 Å². The number of rotatable bonds is 6. The summed E-state index contributed by atoms with van der Waals surface area (Å²) in [6, 6.07) is 5.42. The van der Waals surface area contributed by atoms with Crippen LogP contribution in [0.1, 0.15) is 22.6 Å². The molecule has 25 heavy (non-hydrogen) atoms. The van der Waals surface area contributed by atoms with Crippen LogP contribution in [0.4, 0.5) is 11.4 Å². The molecular weight excluding hydrogens is 320 g/mol. The zero-order valence-electron chi connectivity index (χ0n) is 15.3. The molecule has 2 rings (SSSR count). The smallest absolute Gasteiger partial charge is 0.238 e. The second-order valence-electron chi connectivity index (χ2n) is 6.34. The molecule has 0 aliphatic rings. The second-order valence-corrected chi connectivity index (χ2v) is 6.34. The Balaban J connectivity index is 2.06. The minimum atomic E-state index is -0.163. The van der Waals surface area contributed by atoms with Gasteiger partial charge in [0.1, 0.15) is 5.76 Å². The summed E-state index contributed by atoms with van der Waals surface area (Å²) < 4.78 is 5.08. The molecule has 2 aromatic rings. The number of hydrogen-bond donors (Lipinski definition) is 2. The van der Waals surface area contributed by atoms with E-state index in [1.54, 1.807) is 17.9 Å². The SMILES string of the molecule is Cc1ccc(NC(=O)Cc2c(C)noc2C)cc1NC(=O)CN(C)C. The van der Waals surface area contributed by atoms with Crippen molar-refractivity contribution in [2.24, 2.45) is 0 Å². The number of carbonyl (C=O) groups is 2. The van der Waals surface area contributed by atoms with E-state index in [4.69, 9.17) is 4.52 Å². The van der Waals surface area contributed by atoms with Crippen LogP contribution in [0.5, 0.6) is 0 Å². The van der Waals surface area contributed by atoms with E-state index in [1.807, 2.05) is 40.1 Å². The van der Waals surface area contributed by atoms with Crippen molar-refractivity contribution < 1.29 is 14.1 Å². The molecule has 1 aromatic heterocycles. The molecule has 0 radical (unpaired) electrons. The van der Waals surface area contributed by atoms with E-state index in [0.29, 0.717) is 29.4 Å². The summed E-state index contributed by atoms with van der Waals surface area (Å²) in [6.45, 7) is 5.79. The molecule has 7 heteroatoms. The summed E-state index contributed by atoms with van der Waals surface area (Å²) in [4.78, 5) is 26.0. The van der Waals surface area contributed by atoms with Gasteiger partial charge in [0.05, 0.1) is 18.7 Å². The quantitative estimate of drug-likeness (QED) is 0.839. The Morgan fingerprint density at radius 2 is 1.84 bits per heavy atom. The van der Waals surface area contributed by atoms with Crippen molar-refractivity contribution in [3.8, 4) is 0 Å². The highest BCUT2D eigenvalue weighted by Crippen LogP contribution is 2.21. The minimum Gasteiger partial charge on any atom is -0.361 e. The number of hydrogen-bond acceptors (Lipinski definition) is 5. The van der Waals surface area contributed by atoms with Gasteiger partial charge in [-0.15, -0.1) is 0 Å². The zero-order chi connectivity index (χ0) is 18.6. The van der Waals surface area contributed by atoms with Gasteiger partial charge in [0.2, 0.25) is 11.8 Å². The molecule has 7 nitrogen and oxygen atoms in total. The van der Waals surface area contributed by atoms with Gasteiger partial charge in [-0.1, -0.05) is 11.2 Å². The van der Waals surface area contributed by atoms with Gasteiger partial charge in [-0.3, -0.25) is 9.59 Å². The summed E-state index contributed by atoms with van der Waals surface area (Å²) in [5, 5.41) is 9.56. The molecule has 0 bridgehead atoms. The molecule has 2 amide bonds. The van der Waals surface area contributed by atoms with Gasteiger partial charge in [0, 0.05) is 16.9 Å². The lowest BCUT2D eigenvalue weighted by Gasteiger charge is -2.13. The lowest BCUT2D eigenvalue weighted by molar-refractivity contribution is -0.117. The summed E-state index contributed by atoms with van der Waals surface area (Å²) in [7, 11) is 3.66. The monoisotopic (exact) mass is 344 g/mol. The number of carbonyl (C=O) groups excluding carboxylic acids is 2. The molecule has 1 aromatic carbocycles. The Bertz CT molecular complexity index is 761. The normalized spacial score (nSPS) is 10.8. The lowest BCUT2D eigenvalue weighted by Crippen LogP contribution is -2.27. The number of aromatic nitrogens is 1. The number of likely N-dealkylation sites (N-methyl/N-ethyl adjacent to an activating group) is 1. The standard InChI is InChI=1S/C18H24N4O3/c1-11-6-7-14(8-16(11)20-18(24)10-22(4)5)19-17(23)9-15-12(2)21-25-13(15)3/h6-8H,9-10H2,1-5H3,(H,19,23)(H,20,24). The number of nitrogens with zero attached hydrogens (tertiary/aromatic N) is 2. The molecular formula is C18H24N4O3.